The van der Waals surface area contributed by atoms with Crippen molar-refractivity contribution in [2.24, 2.45) is 0 Å². The minimum atomic E-state index is 0.449. The zero-order valence-electron chi connectivity index (χ0n) is 11.4. The van der Waals surface area contributed by atoms with E-state index in [4.69, 9.17) is 23.2 Å². The van der Waals surface area contributed by atoms with E-state index in [9.17, 15) is 0 Å². The first-order valence-corrected chi connectivity index (χ1v) is 7.15. The highest BCUT2D eigenvalue weighted by Crippen LogP contribution is 2.29. The van der Waals surface area contributed by atoms with E-state index in [1.54, 1.807) is 6.20 Å². The predicted molar refractivity (Wildman–Crippen MR) is 85.3 cm³/mol. The SMILES string of the molecule is CCCNc1ncc(Cl)c(Nc2cc(C)ccc2Cl)n1. The summed E-state index contributed by atoms with van der Waals surface area (Å²) in [6.07, 6.45) is 2.57. The van der Waals surface area contributed by atoms with Gasteiger partial charge in [0.2, 0.25) is 5.95 Å². The number of hydrogen-bond donors (Lipinski definition) is 2. The normalized spacial score (nSPS) is 10.4. The quantitative estimate of drug-likeness (QED) is 0.843. The molecule has 6 heteroatoms. The molecule has 20 heavy (non-hydrogen) atoms. The second-order valence-electron chi connectivity index (χ2n) is 4.43. The second-order valence-corrected chi connectivity index (χ2v) is 5.24. The lowest BCUT2D eigenvalue weighted by atomic mass is 10.2. The summed E-state index contributed by atoms with van der Waals surface area (Å²) in [5.74, 6) is 1.08. The molecular weight excluding hydrogens is 295 g/mol. The second kappa shape index (κ2) is 6.77. The monoisotopic (exact) mass is 310 g/mol. The lowest BCUT2D eigenvalue weighted by molar-refractivity contribution is 0.953. The predicted octanol–water partition coefficient (Wildman–Crippen LogP) is 4.66. The van der Waals surface area contributed by atoms with E-state index in [1.165, 1.54) is 0 Å². The molecule has 1 aromatic heterocycles. The molecule has 2 aromatic rings. The van der Waals surface area contributed by atoms with Crippen molar-refractivity contribution in [1.82, 2.24) is 9.97 Å². The van der Waals surface area contributed by atoms with Crippen LogP contribution in [0.3, 0.4) is 0 Å². The molecule has 0 fully saturated rings. The van der Waals surface area contributed by atoms with Crippen LogP contribution in [-0.4, -0.2) is 16.5 Å². The van der Waals surface area contributed by atoms with Crippen molar-refractivity contribution in [2.75, 3.05) is 17.2 Å². The van der Waals surface area contributed by atoms with Gasteiger partial charge in [-0.2, -0.15) is 4.98 Å². The molecule has 0 aliphatic carbocycles. The molecule has 0 saturated carbocycles. The van der Waals surface area contributed by atoms with Gasteiger partial charge >= 0.3 is 0 Å². The minimum Gasteiger partial charge on any atom is -0.354 e. The standard InChI is InChI=1S/C14H16Cl2N4/c1-3-6-17-14-18-8-11(16)13(20-14)19-12-7-9(2)4-5-10(12)15/h4-5,7-8H,3,6H2,1-2H3,(H2,17,18,19,20). The Morgan fingerprint density at radius 1 is 1.20 bits per heavy atom. The van der Waals surface area contributed by atoms with Gasteiger partial charge in [-0.15, -0.1) is 0 Å². The van der Waals surface area contributed by atoms with Gasteiger partial charge in [-0.3, -0.25) is 0 Å². The number of rotatable bonds is 5. The summed E-state index contributed by atoms with van der Waals surface area (Å²) in [6.45, 7) is 4.89. The number of aryl methyl sites for hydroxylation is 1. The summed E-state index contributed by atoms with van der Waals surface area (Å²) in [7, 11) is 0. The van der Waals surface area contributed by atoms with Crippen LogP contribution in [0.15, 0.2) is 24.4 Å². The molecule has 1 heterocycles. The number of nitrogens with zero attached hydrogens (tertiary/aromatic N) is 2. The van der Waals surface area contributed by atoms with Crippen LogP contribution in [0.4, 0.5) is 17.5 Å². The molecule has 0 saturated heterocycles. The zero-order valence-corrected chi connectivity index (χ0v) is 12.9. The Morgan fingerprint density at radius 2 is 2.00 bits per heavy atom. The Balaban J connectivity index is 2.25. The molecular formula is C14H16Cl2N4. The van der Waals surface area contributed by atoms with E-state index in [-0.39, 0.29) is 0 Å². The number of nitrogens with one attached hydrogen (secondary N) is 2. The van der Waals surface area contributed by atoms with Gasteiger partial charge in [-0.05, 0) is 31.0 Å². The van der Waals surface area contributed by atoms with Crippen molar-refractivity contribution >= 4 is 40.7 Å². The van der Waals surface area contributed by atoms with Crippen LogP contribution in [0, 0.1) is 6.92 Å². The third-order valence-corrected chi connectivity index (χ3v) is 3.26. The summed E-state index contributed by atoms with van der Waals surface area (Å²) in [5.41, 5.74) is 1.88. The van der Waals surface area contributed by atoms with Gasteiger partial charge in [-0.1, -0.05) is 36.2 Å². The first-order chi connectivity index (χ1) is 9.60. The van der Waals surface area contributed by atoms with Crippen molar-refractivity contribution in [2.45, 2.75) is 20.3 Å². The van der Waals surface area contributed by atoms with Gasteiger partial charge in [-0.25, -0.2) is 4.98 Å². The molecule has 4 nitrogen and oxygen atoms in total. The van der Waals surface area contributed by atoms with Crippen LogP contribution >= 0.6 is 23.2 Å². The first-order valence-electron chi connectivity index (χ1n) is 6.39. The Hall–Kier alpha value is -1.52. The third-order valence-electron chi connectivity index (χ3n) is 2.65. The first kappa shape index (κ1) is 14.9. The fourth-order valence-electron chi connectivity index (χ4n) is 1.64. The van der Waals surface area contributed by atoms with Crippen LogP contribution in [0.5, 0.6) is 0 Å². The Kier molecular flexibility index (Phi) is 5.04. The third kappa shape index (κ3) is 3.74. The molecule has 0 bridgehead atoms. The highest BCUT2D eigenvalue weighted by molar-refractivity contribution is 6.34. The average Bonchev–Trinajstić information content (AvgIpc) is 2.43. The smallest absolute Gasteiger partial charge is 0.224 e. The largest absolute Gasteiger partial charge is 0.354 e. The number of benzene rings is 1. The minimum absolute atomic E-state index is 0.449. The van der Waals surface area contributed by atoms with E-state index < -0.39 is 0 Å². The molecule has 106 valence electrons. The molecule has 2 N–H and O–H groups in total. The molecule has 0 radical (unpaired) electrons. The van der Waals surface area contributed by atoms with Crippen LogP contribution < -0.4 is 10.6 Å². The lowest BCUT2D eigenvalue weighted by Crippen LogP contribution is -2.06. The Bertz CT molecular complexity index is 602. The van der Waals surface area contributed by atoms with Crippen molar-refractivity contribution in [3.8, 4) is 0 Å². The van der Waals surface area contributed by atoms with Crippen LogP contribution in [0.25, 0.3) is 0 Å². The van der Waals surface area contributed by atoms with E-state index in [1.807, 2.05) is 25.1 Å². The van der Waals surface area contributed by atoms with Crippen LogP contribution in [-0.2, 0) is 0 Å². The fraction of sp³-hybridized carbons (Fsp3) is 0.286. The zero-order chi connectivity index (χ0) is 14.5. The number of anilines is 3. The summed E-state index contributed by atoms with van der Waals surface area (Å²) in [4.78, 5) is 8.48. The fourth-order valence-corrected chi connectivity index (χ4v) is 1.94. The lowest BCUT2D eigenvalue weighted by Gasteiger charge is -2.11. The summed E-state index contributed by atoms with van der Waals surface area (Å²) < 4.78 is 0. The van der Waals surface area contributed by atoms with Gasteiger partial charge in [0.15, 0.2) is 5.82 Å². The molecule has 0 aliphatic rings. The maximum Gasteiger partial charge on any atom is 0.224 e. The molecule has 0 amide bonds. The summed E-state index contributed by atoms with van der Waals surface area (Å²) in [6, 6.07) is 5.73. The highest BCUT2D eigenvalue weighted by Gasteiger charge is 2.08. The van der Waals surface area contributed by atoms with E-state index in [0.29, 0.717) is 21.8 Å². The molecule has 0 unspecified atom stereocenters. The van der Waals surface area contributed by atoms with E-state index in [0.717, 1.165) is 24.2 Å². The van der Waals surface area contributed by atoms with Crippen molar-refractivity contribution in [3.63, 3.8) is 0 Å². The van der Waals surface area contributed by atoms with Gasteiger partial charge in [0.25, 0.3) is 0 Å². The topological polar surface area (TPSA) is 49.8 Å². The Morgan fingerprint density at radius 3 is 2.75 bits per heavy atom. The van der Waals surface area contributed by atoms with E-state index >= 15 is 0 Å². The van der Waals surface area contributed by atoms with Crippen molar-refractivity contribution in [1.29, 1.82) is 0 Å². The van der Waals surface area contributed by atoms with Gasteiger partial charge in [0.05, 0.1) is 16.9 Å². The van der Waals surface area contributed by atoms with Gasteiger partial charge in [0, 0.05) is 6.54 Å². The van der Waals surface area contributed by atoms with Crippen molar-refractivity contribution < 1.29 is 0 Å². The number of aromatic nitrogens is 2. The molecule has 0 atom stereocenters. The van der Waals surface area contributed by atoms with E-state index in [2.05, 4.69) is 27.5 Å². The van der Waals surface area contributed by atoms with Gasteiger partial charge < -0.3 is 10.6 Å². The molecule has 2 rings (SSSR count). The van der Waals surface area contributed by atoms with Gasteiger partial charge in [0.1, 0.15) is 5.02 Å². The number of halogens is 2. The average molecular weight is 311 g/mol. The molecule has 0 aliphatic heterocycles. The summed E-state index contributed by atoms with van der Waals surface area (Å²) in [5, 5.41) is 7.33. The maximum atomic E-state index is 6.16. The maximum absolute atomic E-state index is 6.16. The highest BCUT2D eigenvalue weighted by atomic mass is 35.5. The Labute approximate surface area is 128 Å². The van der Waals surface area contributed by atoms with Crippen molar-refractivity contribution in [3.05, 3.63) is 40.0 Å². The number of hydrogen-bond acceptors (Lipinski definition) is 4. The summed E-state index contributed by atoms with van der Waals surface area (Å²) >= 11 is 12.3. The van der Waals surface area contributed by atoms with Crippen LogP contribution in [0.1, 0.15) is 18.9 Å². The van der Waals surface area contributed by atoms with Crippen LogP contribution in [0.2, 0.25) is 10.0 Å². The molecule has 1 aromatic carbocycles. The molecule has 0 spiro atoms.